The fraction of sp³-hybridized carbons (Fsp3) is 0.235. The van der Waals surface area contributed by atoms with E-state index in [0.717, 1.165) is 27.0 Å². The number of aryl methyl sites for hydroxylation is 1. The Bertz CT molecular complexity index is 684. The number of carbonyl (C=O) groups excluding carboxylic acids is 1. The van der Waals surface area contributed by atoms with Crippen LogP contribution in [0.2, 0.25) is 0 Å². The summed E-state index contributed by atoms with van der Waals surface area (Å²) in [5.74, 6) is 0.722. The number of hydrogen-bond acceptors (Lipinski definition) is 2. The summed E-state index contributed by atoms with van der Waals surface area (Å²) in [6.07, 6.45) is 0.714. The van der Waals surface area contributed by atoms with E-state index in [-0.39, 0.29) is 11.8 Å². The molecule has 3 rings (SSSR count). The molecule has 0 radical (unpaired) electrons. The molecule has 1 unspecified atom stereocenters. The smallest absolute Gasteiger partial charge is 0.231 e. The van der Waals surface area contributed by atoms with Crippen LogP contribution in [0.4, 0.5) is 5.69 Å². The van der Waals surface area contributed by atoms with Crippen molar-refractivity contribution in [1.82, 2.24) is 0 Å². The molecule has 0 spiro atoms. The van der Waals surface area contributed by atoms with Crippen LogP contribution in [0, 0.1) is 12.8 Å². The van der Waals surface area contributed by atoms with Crippen LogP contribution in [-0.4, -0.2) is 12.5 Å². The Labute approximate surface area is 132 Å². The number of ether oxygens (including phenoxy) is 1. The van der Waals surface area contributed by atoms with Gasteiger partial charge in [0, 0.05) is 4.47 Å². The normalized spacial score (nSPS) is 16.8. The summed E-state index contributed by atoms with van der Waals surface area (Å²) in [6.45, 7) is 2.44. The van der Waals surface area contributed by atoms with Crippen LogP contribution in [0.5, 0.6) is 5.75 Å². The molecule has 1 N–H and O–H groups in total. The van der Waals surface area contributed by atoms with E-state index in [9.17, 15) is 4.79 Å². The van der Waals surface area contributed by atoms with Gasteiger partial charge in [-0.15, -0.1) is 0 Å². The number of hydrogen-bond donors (Lipinski definition) is 1. The van der Waals surface area contributed by atoms with Crippen LogP contribution in [0.15, 0.2) is 46.9 Å². The average Bonchev–Trinajstić information content (AvgIpc) is 2.49. The highest BCUT2D eigenvalue weighted by atomic mass is 79.9. The standard InChI is InChI=1S/C17H16BrNO2/c1-11-6-7-15(14(18)8-11)19-17(20)13-9-12-4-2-3-5-16(12)21-10-13/h2-8,13H,9-10H2,1H3,(H,19,20). The first-order chi connectivity index (χ1) is 10.1. The molecule has 1 amide bonds. The lowest BCUT2D eigenvalue weighted by molar-refractivity contribution is -0.121. The second-order valence-corrected chi connectivity index (χ2v) is 6.15. The molecule has 1 aliphatic rings. The minimum Gasteiger partial charge on any atom is -0.492 e. The number of para-hydroxylation sites is 1. The van der Waals surface area contributed by atoms with Gasteiger partial charge in [0.05, 0.1) is 11.6 Å². The van der Waals surface area contributed by atoms with Crippen LogP contribution in [-0.2, 0) is 11.2 Å². The van der Waals surface area contributed by atoms with Gasteiger partial charge in [-0.3, -0.25) is 4.79 Å². The van der Waals surface area contributed by atoms with E-state index in [1.807, 2.05) is 49.4 Å². The van der Waals surface area contributed by atoms with Gasteiger partial charge >= 0.3 is 0 Å². The molecule has 1 aliphatic heterocycles. The van der Waals surface area contributed by atoms with Crippen molar-refractivity contribution in [3.8, 4) is 5.75 Å². The Morgan fingerprint density at radius 1 is 1.29 bits per heavy atom. The summed E-state index contributed by atoms with van der Waals surface area (Å²) >= 11 is 3.48. The molecule has 0 bridgehead atoms. The maximum atomic E-state index is 12.4. The van der Waals surface area contributed by atoms with Gasteiger partial charge < -0.3 is 10.1 Å². The highest BCUT2D eigenvalue weighted by molar-refractivity contribution is 9.10. The Kier molecular flexibility index (Phi) is 3.97. The summed E-state index contributed by atoms with van der Waals surface area (Å²) in [7, 11) is 0. The Hall–Kier alpha value is -1.81. The number of fused-ring (bicyclic) bond motifs is 1. The quantitative estimate of drug-likeness (QED) is 0.894. The molecule has 3 nitrogen and oxygen atoms in total. The Balaban J connectivity index is 1.72. The van der Waals surface area contributed by atoms with Gasteiger partial charge in [-0.05, 0) is 58.6 Å². The maximum absolute atomic E-state index is 12.4. The summed E-state index contributed by atoms with van der Waals surface area (Å²) in [5.41, 5.74) is 3.03. The maximum Gasteiger partial charge on any atom is 0.231 e. The summed E-state index contributed by atoms with van der Waals surface area (Å²) in [6, 6.07) is 13.8. The topological polar surface area (TPSA) is 38.3 Å². The molecule has 108 valence electrons. The number of amides is 1. The van der Waals surface area contributed by atoms with E-state index >= 15 is 0 Å². The van der Waals surface area contributed by atoms with Crippen LogP contribution >= 0.6 is 15.9 Å². The number of carbonyl (C=O) groups is 1. The SMILES string of the molecule is Cc1ccc(NC(=O)C2COc3ccccc3C2)c(Br)c1. The number of benzene rings is 2. The zero-order valence-electron chi connectivity index (χ0n) is 11.7. The number of rotatable bonds is 2. The van der Waals surface area contributed by atoms with Gasteiger partial charge in [-0.25, -0.2) is 0 Å². The van der Waals surface area contributed by atoms with Crippen LogP contribution < -0.4 is 10.1 Å². The number of halogens is 1. The van der Waals surface area contributed by atoms with Crippen molar-refractivity contribution in [3.63, 3.8) is 0 Å². The highest BCUT2D eigenvalue weighted by Gasteiger charge is 2.26. The van der Waals surface area contributed by atoms with Crippen molar-refractivity contribution >= 4 is 27.5 Å². The molecule has 1 heterocycles. The Morgan fingerprint density at radius 2 is 2.10 bits per heavy atom. The molecular formula is C17H16BrNO2. The lowest BCUT2D eigenvalue weighted by Gasteiger charge is -2.24. The third kappa shape index (κ3) is 3.10. The van der Waals surface area contributed by atoms with Gasteiger partial charge in [0.15, 0.2) is 0 Å². The van der Waals surface area contributed by atoms with Gasteiger partial charge in [-0.1, -0.05) is 24.3 Å². The summed E-state index contributed by atoms with van der Waals surface area (Å²) in [5, 5.41) is 2.97. The van der Waals surface area contributed by atoms with E-state index < -0.39 is 0 Å². The average molecular weight is 346 g/mol. The first kappa shape index (κ1) is 14.1. The minimum absolute atomic E-state index is 0.00550. The first-order valence-corrected chi connectivity index (χ1v) is 7.70. The van der Waals surface area contributed by atoms with E-state index in [4.69, 9.17) is 4.74 Å². The fourth-order valence-corrected chi connectivity index (χ4v) is 3.05. The lowest BCUT2D eigenvalue weighted by Crippen LogP contribution is -2.32. The zero-order chi connectivity index (χ0) is 14.8. The minimum atomic E-state index is -0.159. The van der Waals surface area contributed by atoms with E-state index in [1.165, 1.54) is 0 Å². The van der Waals surface area contributed by atoms with E-state index in [2.05, 4.69) is 21.2 Å². The fourth-order valence-electron chi connectivity index (χ4n) is 2.45. The predicted octanol–water partition coefficient (Wildman–Crippen LogP) is 3.95. The van der Waals surface area contributed by atoms with Crippen molar-refractivity contribution < 1.29 is 9.53 Å². The monoisotopic (exact) mass is 345 g/mol. The van der Waals surface area contributed by atoms with Crippen molar-refractivity contribution in [2.75, 3.05) is 11.9 Å². The number of anilines is 1. The third-order valence-corrected chi connectivity index (χ3v) is 4.29. The molecule has 1 atom stereocenters. The molecule has 2 aromatic rings. The molecule has 0 fully saturated rings. The van der Waals surface area contributed by atoms with E-state index in [0.29, 0.717) is 13.0 Å². The molecule has 0 aromatic heterocycles. The first-order valence-electron chi connectivity index (χ1n) is 6.91. The highest BCUT2D eigenvalue weighted by Crippen LogP contribution is 2.29. The summed E-state index contributed by atoms with van der Waals surface area (Å²) in [4.78, 5) is 12.4. The van der Waals surface area contributed by atoms with Crippen LogP contribution in [0.25, 0.3) is 0 Å². The van der Waals surface area contributed by atoms with Gasteiger partial charge in [0.2, 0.25) is 5.91 Å². The molecule has 0 aliphatic carbocycles. The van der Waals surface area contributed by atoms with Crippen molar-refractivity contribution in [2.45, 2.75) is 13.3 Å². The molecule has 21 heavy (non-hydrogen) atoms. The summed E-state index contributed by atoms with van der Waals surface area (Å²) < 4.78 is 6.57. The largest absolute Gasteiger partial charge is 0.492 e. The van der Waals surface area contributed by atoms with Gasteiger partial charge in [0.25, 0.3) is 0 Å². The second-order valence-electron chi connectivity index (χ2n) is 5.29. The molecule has 0 saturated carbocycles. The van der Waals surface area contributed by atoms with Crippen LogP contribution in [0.1, 0.15) is 11.1 Å². The zero-order valence-corrected chi connectivity index (χ0v) is 13.3. The van der Waals surface area contributed by atoms with Crippen molar-refractivity contribution in [3.05, 3.63) is 58.1 Å². The second kappa shape index (κ2) is 5.90. The third-order valence-electron chi connectivity index (χ3n) is 3.63. The molecular weight excluding hydrogens is 330 g/mol. The van der Waals surface area contributed by atoms with Gasteiger partial charge in [0.1, 0.15) is 12.4 Å². The molecule has 0 saturated heterocycles. The number of nitrogens with one attached hydrogen (secondary N) is 1. The van der Waals surface area contributed by atoms with Crippen molar-refractivity contribution in [2.24, 2.45) is 5.92 Å². The lowest BCUT2D eigenvalue weighted by atomic mass is 9.96. The van der Waals surface area contributed by atoms with Crippen LogP contribution in [0.3, 0.4) is 0 Å². The molecule has 2 aromatic carbocycles. The molecule has 4 heteroatoms. The van der Waals surface area contributed by atoms with E-state index in [1.54, 1.807) is 0 Å². The predicted molar refractivity (Wildman–Crippen MR) is 86.6 cm³/mol. The Morgan fingerprint density at radius 3 is 2.90 bits per heavy atom. The van der Waals surface area contributed by atoms with Gasteiger partial charge in [-0.2, -0.15) is 0 Å². The van der Waals surface area contributed by atoms with Crippen molar-refractivity contribution in [1.29, 1.82) is 0 Å².